The fraction of sp³-hybridized carbons (Fsp3) is 0.368. The Morgan fingerprint density at radius 2 is 1.92 bits per heavy atom. The van der Waals surface area contributed by atoms with E-state index in [1.54, 1.807) is 14.2 Å². The Bertz CT molecular complexity index is 879. The smallest absolute Gasteiger partial charge is 0.231 e. The molecule has 0 bridgehead atoms. The van der Waals surface area contributed by atoms with Crippen molar-refractivity contribution in [3.63, 3.8) is 0 Å². The summed E-state index contributed by atoms with van der Waals surface area (Å²) in [5, 5.41) is 14.0. The minimum absolute atomic E-state index is 0.126. The molecule has 6 heteroatoms. The maximum atomic E-state index is 10.5. The molecule has 0 amide bonds. The molecular formula is C19H19NO5. The molecule has 2 aromatic carbocycles. The van der Waals surface area contributed by atoms with Gasteiger partial charge in [0.05, 0.1) is 20.3 Å². The van der Waals surface area contributed by atoms with Crippen LogP contribution in [-0.4, -0.2) is 32.7 Å². The lowest BCUT2D eigenvalue weighted by atomic mass is 9.76. The van der Waals surface area contributed by atoms with Gasteiger partial charge in [-0.3, -0.25) is 0 Å². The Balaban J connectivity index is 1.85. The van der Waals surface area contributed by atoms with Gasteiger partial charge in [-0.1, -0.05) is 0 Å². The number of aliphatic hydroxyl groups excluding tert-OH is 1. The number of hydrogen-bond donors (Lipinski definition) is 2. The van der Waals surface area contributed by atoms with Gasteiger partial charge in [-0.15, -0.1) is 0 Å². The molecule has 0 spiro atoms. The summed E-state index contributed by atoms with van der Waals surface area (Å²) >= 11 is 0. The van der Waals surface area contributed by atoms with Gasteiger partial charge in [-0.05, 0) is 46.9 Å². The number of hydrogen-bond acceptors (Lipinski definition) is 6. The van der Waals surface area contributed by atoms with E-state index in [0.717, 1.165) is 40.2 Å². The summed E-state index contributed by atoms with van der Waals surface area (Å²) in [4.78, 5) is 0. The van der Waals surface area contributed by atoms with Crippen LogP contribution in [-0.2, 0) is 6.42 Å². The summed E-state index contributed by atoms with van der Waals surface area (Å²) < 4.78 is 22.4. The van der Waals surface area contributed by atoms with Gasteiger partial charge in [0.15, 0.2) is 23.0 Å². The highest BCUT2D eigenvalue weighted by atomic mass is 16.7. The molecule has 2 heterocycles. The number of aliphatic hydroxyl groups is 1. The number of ether oxygens (including phenoxy) is 4. The highest BCUT2D eigenvalue weighted by Gasteiger charge is 2.37. The average molecular weight is 341 g/mol. The van der Waals surface area contributed by atoms with Gasteiger partial charge in [0.25, 0.3) is 0 Å². The van der Waals surface area contributed by atoms with E-state index in [1.807, 2.05) is 18.2 Å². The summed E-state index contributed by atoms with van der Waals surface area (Å²) in [6, 6.07) is 6.08. The van der Waals surface area contributed by atoms with Crippen LogP contribution in [0.3, 0.4) is 0 Å². The van der Waals surface area contributed by atoms with Crippen molar-refractivity contribution >= 4 is 0 Å². The summed E-state index contributed by atoms with van der Waals surface area (Å²) in [6.45, 7) is 0.762. The zero-order chi connectivity index (χ0) is 17.1. The number of rotatable bonds is 2. The molecule has 25 heavy (non-hydrogen) atoms. The second-order valence-electron chi connectivity index (χ2n) is 6.53. The minimum Gasteiger partial charge on any atom is -0.493 e. The summed E-state index contributed by atoms with van der Waals surface area (Å²) in [7, 11) is 3.26. The molecule has 3 aliphatic rings. The van der Waals surface area contributed by atoms with Crippen LogP contribution in [0.5, 0.6) is 23.0 Å². The fourth-order valence-electron chi connectivity index (χ4n) is 4.19. The van der Waals surface area contributed by atoms with E-state index < -0.39 is 6.10 Å². The number of fused-ring (bicyclic) bond motifs is 3. The van der Waals surface area contributed by atoms with Gasteiger partial charge in [0, 0.05) is 18.2 Å². The standard InChI is InChI=1S/C19H19NO5/c1-22-16-6-11-13(21)7-20-12-3-9-4-14-15(25-8-24-14)5-10(9)18(17(11)12)19(16)23-2/h4-6,12-13,20-21H,3,7-8H2,1-2H3/t12-,13-/m1/s1. The van der Waals surface area contributed by atoms with E-state index in [2.05, 4.69) is 5.32 Å². The monoisotopic (exact) mass is 341 g/mol. The third kappa shape index (κ3) is 1.98. The third-order valence-corrected chi connectivity index (χ3v) is 5.30. The van der Waals surface area contributed by atoms with Gasteiger partial charge in [0.1, 0.15) is 0 Å². The Labute approximate surface area is 145 Å². The zero-order valence-electron chi connectivity index (χ0n) is 14.1. The molecular weight excluding hydrogens is 322 g/mol. The lowest BCUT2D eigenvalue weighted by Gasteiger charge is -2.37. The van der Waals surface area contributed by atoms with Crippen LogP contribution in [0.25, 0.3) is 11.1 Å². The lowest BCUT2D eigenvalue weighted by Crippen LogP contribution is -2.36. The summed E-state index contributed by atoms with van der Waals surface area (Å²) in [5.41, 5.74) is 5.17. The SMILES string of the molecule is COc1cc2c3c(c1OC)-c1cc4c(cc1C[C@H]3NC[C@H]2O)OCO4. The van der Waals surface area contributed by atoms with Gasteiger partial charge in [-0.2, -0.15) is 0 Å². The first-order chi connectivity index (χ1) is 12.2. The average Bonchev–Trinajstić information content (AvgIpc) is 3.09. The molecule has 0 saturated heterocycles. The van der Waals surface area contributed by atoms with E-state index in [0.29, 0.717) is 18.0 Å². The Morgan fingerprint density at radius 3 is 2.68 bits per heavy atom. The predicted molar refractivity (Wildman–Crippen MR) is 90.5 cm³/mol. The van der Waals surface area contributed by atoms with E-state index in [-0.39, 0.29) is 12.8 Å². The number of benzene rings is 2. The van der Waals surface area contributed by atoms with Crippen molar-refractivity contribution in [1.82, 2.24) is 5.32 Å². The third-order valence-electron chi connectivity index (χ3n) is 5.30. The van der Waals surface area contributed by atoms with Crippen LogP contribution in [0, 0.1) is 0 Å². The Morgan fingerprint density at radius 1 is 1.12 bits per heavy atom. The normalized spacial score (nSPS) is 22.2. The van der Waals surface area contributed by atoms with Crippen LogP contribution in [0.15, 0.2) is 18.2 Å². The molecule has 0 fully saturated rings. The van der Waals surface area contributed by atoms with Gasteiger partial charge in [0.2, 0.25) is 6.79 Å². The van der Waals surface area contributed by atoms with Crippen molar-refractivity contribution in [1.29, 1.82) is 0 Å². The molecule has 0 radical (unpaired) electrons. The molecule has 130 valence electrons. The molecule has 0 saturated carbocycles. The first kappa shape index (κ1) is 14.9. The molecule has 6 nitrogen and oxygen atoms in total. The highest BCUT2D eigenvalue weighted by Crippen LogP contribution is 2.54. The first-order valence-corrected chi connectivity index (χ1v) is 8.34. The molecule has 0 aromatic heterocycles. The largest absolute Gasteiger partial charge is 0.493 e. The van der Waals surface area contributed by atoms with Crippen molar-refractivity contribution in [2.45, 2.75) is 18.6 Å². The van der Waals surface area contributed by atoms with Crippen molar-refractivity contribution < 1.29 is 24.1 Å². The zero-order valence-corrected chi connectivity index (χ0v) is 14.1. The Kier molecular flexibility index (Phi) is 3.14. The highest BCUT2D eigenvalue weighted by molar-refractivity contribution is 5.85. The molecule has 2 aromatic rings. The molecule has 1 aliphatic carbocycles. The van der Waals surface area contributed by atoms with Crippen molar-refractivity contribution in [2.75, 3.05) is 27.6 Å². The van der Waals surface area contributed by atoms with E-state index in [4.69, 9.17) is 18.9 Å². The number of methoxy groups -OCH3 is 2. The van der Waals surface area contributed by atoms with Crippen LogP contribution in [0.1, 0.15) is 28.8 Å². The van der Waals surface area contributed by atoms with Crippen LogP contribution in [0.4, 0.5) is 0 Å². The van der Waals surface area contributed by atoms with Gasteiger partial charge >= 0.3 is 0 Å². The van der Waals surface area contributed by atoms with E-state index >= 15 is 0 Å². The van der Waals surface area contributed by atoms with Crippen molar-refractivity contribution in [3.8, 4) is 34.1 Å². The molecule has 0 unspecified atom stereocenters. The maximum absolute atomic E-state index is 10.5. The van der Waals surface area contributed by atoms with E-state index in [9.17, 15) is 5.11 Å². The van der Waals surface area contributed by atoms with Crippen LogP contribution < -0.4 is 24.3 Å². The second kappa shape index (κ2) is 5.28. The number of nitrogens with one attached hydrogen (secondary N) is 1. The van der Waals surface area contributed by atoms with Gasteiger partial charge in [-0.25, -0.2) is 0 Å². The van der Waals surface area contributed by atoms with Crippen molar-refractivity contribution in [2.24, 2.45) is 0 Å². The maximum Gasteiger partial charge on any atom is 0.231 e. The fourth-order valence-corrected chi connectivity index (χ4v) is 4.19. The van der Waals surface area contributed by atoms with Crippen LogP contribution in [0.2, 0.25) is 0 Å². The Hall–Kier alpha value is -2.44. The second-order valence-corrected chi connectivity index (χ2v) is 6.53. The molecule has 5 rings (SSSR count). The quantitative estimate of drug-likeness (QED) is 0.874. The van der Waals surface area contributed by atoms with E-state index in [1.165, 1.54) is 5.56 Å². The molecule has 2 N–H and O–H groups in total. The topological polar surface area (TPSA) is 69.2 Å². The van der Waals surface area contributed by atoms with Gasteiger partial charge < -0.3 is 29.4 Å². The first-order valence-electron chi connectivity index (χ1n) is 8.34. The summed E-state index contributed by atoms with van der Waals surface area (Å²) in [6.07, 6.45) is 0.258. The van der Waals surface area contributed by atoms with Crippen LogP contribution >= 0.6 is 0 Å². The number of β-amino-alcohol motifs (C(OH)–C–C–N with tert-alkyl or cyclic N) is 1. The lowest BCUT2D eigenvalue weighted by molar-refractivity contribution is 0.156. The van der Waals surface area contributed by atoms with Crippen molar-refractivity contribution in [3.05, 3.63) is 34.9 Å². The predicted octanol–water partition coefficient (Wildman–Crippen LogP) is 2.33. The molecule has 2 aliphatic heterocycles. The molecule has 2 atom stereocenters. The summed E-state index contributed by atoms with van der Waals surface area (Å²) in [5.74, 6) is 2.82. The minimum atomic E-state index is -0.569.